The molecule has 2 fully saturated rings. The van der Waals surface area contributed by atoms with Crippen molar-refractivity contribution in [2.24, 2.45) is 0 Å². The van der Waals surface area contributed by atoms with Crippen LogP contribution in [0.25, 0.3) is 0 Å². The quantitative estimate of drug-likeness (QED) is 0.796. The SMILES string of the molecule is CC(C)(C)S(=O)NC1(c2ncc(B3OC(C)(C)C(C)(C)O3)cc2F)CCC1. The molecule has 0 spiro atoms. The Morgan fingerprint density at radius 3 is 2.15 bits per heavy atom. The Balaban J connectivity index is 1.86. The molecule has 0 bridgehead atoms. The van der Waals surface area contributed by atoms with Crippen LogP contribution in [0.2, 0.25) is 0 Å². The second kappa shape index (κ2) is 6.61. The van der Waals surface area contributed by atoms with Crippen LogP contribution in [0, 0.1) is 5.82 Å². The minimum atomic E-state index is -1.30. The molecule has 1 unspecified atom stereocenters. The average Bonchev–Trinajstić information content (AvgIpc) is 2.70. The van der Waals surface area contributed by atoms with Gasteiger partial charge < -0.3 is 9.31 Å². The van der Waals surface area contributed by atoms with Gasteiger partial charge in [0.1, 0.15) is 5.82 Å². The van der Waals surface area contributed by atoms with E-state index in [9.17, 15) is 4.21 Å². The fourth-order valence-electron chi connectivity index (χ4n) is 3.16. The maximum Gasteiger partial charge on any atom is 0.496 e. The summed E-state index contributed by atoms with van der Waals surface area (Å²) >= 11 is 0. The predicted octanol–water partition coefficient (Wildman–Crippen LogP) is 2.95. The fourth-order valence-corrected chi connectivity index (χ4v) is 4.12. The van der Waals surface area contributed by atoms with Crippen molar-refractivity contribution < 1.29 is 17.9 Å². The highest BCUT2D eigenvalue weighted by Crippen LogP contribution is 2.42. The van der Waals surface area contributed by atoms with Crippen molar-refractivity contribution in [3.05, 3.63) is 23.8 Å². The van der Waals surface area contributed by atoms with E-state index in [1.54, 1.807) is 6.20 Å². The number of halogens is 1. The lowest BCUT2D eigenvalue weighted by Gasteiger charge is -2.43. The number of nitrogens with one attached hydrogen (secondary N) is 1. The molecule has 0 aromatic carbocycles. The Morgan fingerprint density at radius 1 is 1.19 bits per heavy atom. The van der Waals surface area contributed by atoms with Crippen LogP contribution >= 0.6 is 0 Å². The molecule has 5 nitrogen and oxygen atoms in total. The summed E-state index contributed by atoms with van der Waals surface area (Å²) in [6.07, 6.45) is 4.00. The molecule has 1 atom stereocenters. The van der Waals surface area contributed by atoms with Crippen LogP contribution in [0.5, 0.6) is 0 Å². The van der Waals surface area contributed by atoms with Gasteiger partial charge in [0, 0.05) is 11.7 Å². The zero-order valence-corrected chi connectivity index (χ0v) is 18.1. The molecule has 1 aromatic rings. The van der Waals surface area contributed by atoms with Crippen molar-refractivity contribution in [2.45, 2.75) is 89.2 Å². The van der Waals surface area contributed by atoms with Gasteiger partial charge in [-0.15, -0.1) is 0 Å². The monoisotopic (exact) mass is 396 g/mol. The van der Waals surface area contributed by atoms with Crippen LogP contribution in [0.4, 0.5) is 4.39 Å². The number of hydrogen-bond donors (Lipinski definition) is 1. The van der Waals surface area contributed by atoms with E-state index in [-0.39, 0.29) is 0 Å². The maximum absolute atomic E-state index is 15.0. The van der Waals surface area contributed by atoms with Gasteiger partial charge in [0.05, 0.1) is 38.2 Å². The number of aromatic nitrogens is 1. The standard InChI is InChI=1S/C19H30BFN2O3S/c1-16(2,3)27(24)23-19(9-8-10-19)15-14(21)11-13(12-22-15)20-25-17(4,5)18(6,7)26-20/h11-12,23H,8-10H2,1-7H3. The Bertz CT molecular complexity index is 744. The summed E-state index contributed by atoms with van der Waals surface area (Å²) in [6, 6.07) is 1.44. The van der Waals surface area contributed by atoms with Gasteiger partial charge in [-0.2, -0.15) is 0 Å². The van der Waals surface area contributed by atoms with Crippen LogP contribution < -0.4 is 10.2 Å². The lowest BCUT2D eigenvalue weighted by atomic mass is 9.73. The highest BCUT2D eigenvalue weighted by Gasteiger charge is 2.52. The summed E-state index contributed by atoms with van der Waals surface area (Å²) in [5, 5.41) is 0. The molecule has 3 rings (SSSR count). The number of rotatable bonds is 4. The van der Waals surface area contributed by atoms with Gasteiger partial charge in [0.25, 0.3) is 0 Å². The zero-order chi connectivity index (χ0) is 20.3. The van der Waals surface area contributed by atoms with Crippen LogP contribution in [0.3, 0.4) is 0 Å². The fraction of sp³-hybridized carbons (Fsp3) is 0.737. The van der Waals surface area contributed by atoms with Gasteiger partial charge in [0.2, 0.25) is 0 Å². The molecular formula is C19H30BFN2O3S. The molecule has 27 heavy (non-hydrogen) atoms. The van der Waals surface area contributed by atoms with E-state index >= 15 is 4.39 Å². The number of pyridine rings is 1. The van der Waals surface area contributed by atoms with Gasteiger partial charge >= 0.3 is 7.12 Å². The van der Waals surface area contributed by atoms with Crippen molar-refractivity contribution in [2.75, 3.05) is 0 Å². The Hall–Kier alpha value is -0.825. The van der Waals surface area contributed by atoms with E-state index in [0.717, 1.165) is 6.42 Å². The molecule has 150 valence electrons. The van der Waals surface area contributed by atoms with Gasteiger partial charge in [0.15, 0.2) is 0 Å². The molecule has 2 aliphatic rings. The second-order valence-corrected chi connectivity index (χ2v) is 11.6. The van der Waals surface area contributed by atoms with Crippen molar-refractivity contribution in [3.63, 3.8) is 0 Å². The summed E-state index contributed by atoms with van der Waals surface area (Å²) in [7, 11) is -1.95. The molecule has 8 heteroatoms. The summed E-state index contributed by atoms with van der Waals surface area (Å²) in [5.41, 5.74) is -0.773. The van der Waals surface area contributed by atoms with E-state index in [1.807, 2.05) is 48.5 Å². The van der Waals surface area contributed by atoms with Crippen molar-refractivity contribution >= 4 is 23.6 Å². The third-order valence-electron chi connectivity index (χ3n) is 5.89. The van der Waals surface area contributed by atoms with Crippen LogP contribution in [0.15, 0.2) is 12.3 Å². The second-order valence-electron chi connectivity index (χ2n) is 9.61. The van der Waals surface area contributed by atoms with E-state index in [1.165, 1.54) is 6.07 Å². The Kier molecular flexibility index (Phi) is 5.12. The lowest BCUT2D eigenvalue weighted by Crippen LogP contribution is -2.53. The summed E-state index contributed by atoms with van der Waals surface area (Å²) in [4.78, 5) is 4.42. The van der Waals surface area contributed by atoms with Crippen LogP contribution in [0.1, 0.15) is 73.4 Å². The largest absolute Gasteiger partial charge is 0.496 e. The molecule has 0 amide bonds. The molecule has 1 saturated heterocycles. The van der Waals surface area contributed by atoms with E-state index in [4.69, 9.17) is 9.31 Å². The first kappa shape index (κ1) is 20.9. The van der Waals surface area contributed by atoms with E-state index < -0.39 is 45.4 Å². The van der Waals surface area contributed by atoms with Crippen molar-refractivity contribution in [1.29, 1.82) is 0 Å². The van der Waals surface area contributed by atoms with Crippen molar-refractivity contribution in [3.8, 4) is 0 Å². The summed E-state index contributed by atoms with van der Waals surface area (Å²) < 4.78 is 42.3. The zero-order valence-electron chi connectivity index (χ0n) is 17.3. The van der Waals surface area contributed by atoms with Gasteiger partial charge in [-0.05, 0) is 73.8 Å². The maximum atomic E-state index is 15.0. The van der Waals surface area contributed by atoms with Gasteiger partial charge in [-0.3, -0.25) is 4.98 Å². The van der Waals surface area contributed by atoms with Gasteiger partial charge in [-0.1, -0.05) is 0 Å². The average molecular weight is 396 g/mol. The highest BCUT2D eigenvalue weighted by atomic mass is 32.2. The topological polar surface area (TPSA) is 60.5 Å². The molecule has 1 aliphatic carbocycles. The minimum Gasteiger partial charge on any atom is -0.399 e. The molecule has 0 radical (unpaired) electrons. The number of hydrogen-bond acceptors (Lipinski definition) is 4. The Morgan fingerprint density at radius 2 is 1.74 bits per heavy atom. The van der Waals surface area contributed by atoms with Crippen LogP contribution in [-0.4, -0.2) is 32.3 Å². The smallest absolute Gasteiger partial charge is 0.399 e. The lowest BCUT2D eigenvalue weighted by molar-refractivity contribution is 0.00578. The first-order valence-corrected chi connectivity index (χ1v) is 10.6. The first-order chi connectivity index (χ1) is 12.3. The molecular weight excluding hydrogens is 366 g/mol. The molecule has 1 N–H and O–H groups in total. The van der Waals surface area contributed by atoms with Crippen molar-refractivity contribution in [1.82, 2.24) is 9.71 Å². The molecule has 1 saturated carbocycles. The van der Waals surface area contributed by atoms with Gasteiger partial charge in [-0.25, -0.2) is 13.3 Å². The van der Waals surface area contributed by atoms with E-state index in [2.05, 4.69) is 9.71 Å². The summed E-state index contributed by atoms with van der Waals surface area (Å²) in [5.74, 6) is -0.416. The van der Waals surface area contributed by atoms with Crippen LogP contribution in [-0.2, 0) is 25.8 Å². The Labute approximate surface area is 164 Å². The first-order valence-electron chi connectivity index (χ1n) is 9.49. The molecule has 1 aromatic heterocycles. The molecule has 2 heterocycles. The number of nitrogens with zero attached hydrogens (tertiary/aromatic N) is 1. The minimum absolute atomic E-state index is 0.326. The molecule has 1 aliphatic heterocycles. The van der Waals surface area contributed by atoms with E-state index in [0.29, 0.717) is 24.0 Å². The third kappa shape index (κ3) is 3.73. The summed E-state index contributed by atoms with van der Waals surface area (Å²) in [6.45, 7) is 13.5. The highest BCUT2D eigenvalue weighted by molar-refractivity contribution is 7.84. The third-order valence-corrected chi connectivity index (χ3v) is 7.58. The predicted molar refractivity (Wildman–Crippen MR) is 106 cm³/mol. The normalized spacial score (nSPS) is 24.5.